The first-order chi connectivity index (χ1) is 14.5. The maximum absolute atomic E-state index is 13.5. The molecule has 0 saturated carbocycles. The van der Waals surface area contributed by atoms with Crippen LogP contribution in [0.1, 0.15) is 27.0 Å². The Bertz CT molecular complexity index is 997. The van der Waals surface area contributed by atoms with E-state index in [9.17, 15) is 14.3 Å². The summed E-state index contributed by atoms with van der Waals surface area (Å²) in [5, 5.41) is 19.7. The molecule has 6 nitrogen and oxygen atoms in total. The van der Waals surface area contributed by atoms with Crippen LogP contribution in [0.25, 0.3) is 6.08 Å². The van der Waals surface area contributed by atoms with Crippen LogP contribution in [-0.4, -0.2) is 65.1 Å². The van der Waals surface area contributed by atoms with Crippen molar-refractivity contribution in [1.29, 1.82) is 0 Å². The van der Waals surface area contributed by atoms with E-state index in [0.29, 0.717) is 41.1 Å². The molecule has 2 heterocycles. The molecule has 2 aromatic rings. The van der Waals surface area contributed by atoms with Gasteiger partial charge in [0.15, 0.2) is 5.76 Å². The van der Waals surface area contributed by atoms with E-state index in [0.717, 1.165) is 26.2 Å². The van der Waals surface area contributed by atoms with Crippen LogP contribution in [0.15, 0.2) is 36.1 Å². The third-order valence-corrected chi connectivity index (χ3v) is 5.63. The van der Waals surface area contributed by atoms with E-state index in [-0.39, 0.29) is 29.7 Å². The molecule has 0 amide bonds. The van der Waals surface area contributed by atoms with Crippen LogP contribution in [0.2, 0.25) is 0 Å². The molecule has 2 aliphatic heterocycles. The summed E-state index contributed by atoms with van der Waals surface area (Å²) in [4.78, 5) is 17.4. The molecule has 0 atom stereocenters. The zero-order valence-electron chi connectivity index (χ0n) is 16.9. The molecule has 0 aromatic heterocycles. The highest BCUT2D eigenvalue weighted by Crippen LogP contribution is 2.42. The summed E-state index contributed by atoms with van der Waals surface area (Å²) in [6, 6.07) is 7.56. The largest absolute Gasteiger partial charge is 0.507 e. The summed E-state index contributed by atoms with van der Waals surface area (Å²) >= 11 is 0. The van der Waals surface area contributed by atoms with Crippen molar-refractivity contribution < 1.29 is 24.1 Å². The third kappa shape index (κ3) is 4.09. The van der Waals surface area contributed by atoms with Crippen molar-refractivity contribution in [3.63, 3.8) is 0 Å². The van der Waals surface area contributed by atoms with Crippen molar-refractivity contribution in [2.24, 2.45) is 0 Å². The van der Waals surface area contributed by atoms with Crippen LogP contribution in [0.3, 0.4) is 0 Å². The van der Waals surface area contributed by atoms with Crippen LogP contribution >= 0.6 is 0 Å². The highest BCUT2D eigenvalue weighted by Gasteiger charge is 2.34. The van der Waals surface area contributed by atoms with Crippen molar-refractivity contribution in [3.8, 4) is 11.5 Å². The number of ether oxygens (including phenoxy) is 1. The second-order valence-corrected chi connectivity index (χ2v) is 7.73. The van der Waals surface area contributed by atoms with Gasteiger partial charge in [0.1, 0.15) is 17.3 Å². The van der Waals surface area contributed by atoms with Gasteiger partial charge in [-0.3, -0.25) is 14.6 Å². The van der Waals surface area contributed by atoms with E-state index in [1.807, 2.05) is 0 Å². The highest BCUT2D eigenvalue weighted by atomic mass is 19.1. The summed E-state index contributed by atoms with van der Waals surface area (Å²) in [6.07, 6.45) is 1.53. The van der Waals surface area contributed by atoms with Gasteiger partial charge in [-0.05, 0) is 42.3 Å². The number of nitrogens with zero attached hydrogens (tertiary/aromatic N) is 2. The highest BCUT2D eigenvalue weighted by molar-refractivity contribution is 6.15. The molecule has 30 heavy (non-hydrogen) atoms. The van der Waals surface area contributed by atoms with Gasteiger partial charge in [0.25, 0.3) is 0 Å². The summed E-state index contributed by atoms with van der Waals surface area (Å²) in [5.41, 5.74) is 2.22. The van der Waals surface area contributed by atoms with E-state index >= 15 is 0 Å². The molecular formula is C23H25FN2O4. The topological polar surface area (TPSA) is 73.2 Å². The number of phenolic OH excluding ortho intramolecular Hbond substituents is 1. The number of hydrogen-bond acceptors (Lipinski definition) is 6. The van der Waals surface area contributed by atoms with Gasteiger partial charge in [-0.1, -0.05) is 12.1 Å². The third-order valence-electron chi connectivity index (χ3n) is 5.63. The van der Waals surface area contributed by atoms with E-state index in [1.165, 1.54) is 18.2 Å². The number of benzene rings is 2. The molecule has 0 spiro atoms. The van der Waals surface area contributed by atoms with Gasteiger partial charge in [-0.15, -0.1) is 0 Å². The predicted molar refractivity (Wildman–Crippen MR) is 111 cm³/mol. The Hall–Kier alpha value is -2.74. The molecule has 1 fully saturated rings. The molecule has 1 saturated heterocycles. The second kappa shape index (κ2) is 8.55. The molecule has 0 bridgehead atoms. The fourth-order valence-electron chi connectivity index (χ4n) is 4.02. The van der Waals surface area contributed by atoms with E-state index in [1.54, 1.807) is 25.1 Å². The van der Waals surface area contributed by atoms with Crippen LogP contribution < -0.4 is 4.74 Å². The van der Waals surface area contributed by atoms with E-state index < -0.39 is 0 Å². The van der Waals surface area contributed by atoms with Gasteiger partial charge < -0.3 is 14.9 Å². The quantitative estimate of drug-likeness (QED) is 0.736. The van der Waals surface area contributed by atoms with Crippen LogP contribution in [0.4, 0.5) is 4.39 Å². The Balaban J connectivity index is 1.60. The van der Waals surface area contributed by atoms with Crippen molar-refractivity contribution in [3.05, 3.63) is 64.2 Å². The number of β-amino-alcohol motifs (C(OH)–C–C–N with tert-alkyl or cyclic N) is 1. The van der Waals surface area contributed by atoms with Gasteiger partial charge in [0.2, 0.25) is 5.78 Å². The molecule has 2 N–H and O–H groups in total. The number of Topliss-reactive ketones (excluding diaryl/α,β-unsaturated/α-hetero) is 1. The Labute approximate surface area is 174 Å². The van der Waals surface area contributed by atoms with Crippen molar-refractivity contribution in [2.75, 3.05) is 39.3 Å². The number of aliphatic hydroxyl groups excluding tert-OH is 1. The Kier molecular flexibility index (Phi) is 5.85. The van der Waals surface area contributed by atoms with E-state index in [4.69, 9.17) is 9.84 Å². The first kappa shape index (κ1) is 20.5. The van der Waals surface area contributed by atoms with Gasteiger partial charge in [0, 0.05) is 39.3 Å². The Morgan fingerprint density at radius 2 is 1.90 bits per heavy atom. The molecular weight excluding hydrogens is 387 g/mol. The number of carbonyl (C=O) groups is 1. The lowest BCUT2D eigenvalue weighted by molar-refractivity contribution is 0.101. The standard InChI is InChI=1S/C23H25FN2O4/c1-15-11-19(28)18(14-26-7-5-25(6-8-26)9-10-27)23-21(15)22(29)20(30-23)13-16-3-2-4-17(24)12-16/h2-4,11-13,27-28H,5-10,14H2,1H3/b20-13-. The number of aromatic hydroxyl groups is 1. The average Bonchev–Trinajstić information content (AvgIpc) is 3.03. The average molecular weight is 412 g/mol. The number of halogens is 1. The van der Waals surface area contributed by atoms with Crippen molar-refractivity contribution >= 4 is 11.9 Å². The minimum atomic E-state index is -0.387. The number of phenols is 1. The number of piperazine rings is 1. The zero-order chi connectivity index (χ0) is 21.3. The normalized spacial score (nSPS) is 18.6. The lowest BCUT2D eigenvalue weighted by atomic mass is 9.99. The lowest BCUT2D eigenvalue weighted by Gasteiger charge is -2.34. The number of carbonyl (C=O) groups excluding carboxylic acids is 1. The van der Waals surface area contributed by atoms with Gasteiger partial charge >= 0.3 is 0 Å². The summed E-state index contributed by atoms with van der Waals surface area (Å²) in [6.45, 7) is 6.28. The molecule has 0 unspecified atom stereocenters. The van der Waals surface area contributed by atoms with Crippen LogP contribution in [-0.2, 0) is 6.54 Å². The van der Waals surface area contributed by atoms with E-state index in [2.05, 4.69) is 9.80 Å². The smallest absolute Gasteiger partial charge is 0.232 e. The molecule has 2 aliphatic rings. The summed E-state index contributed by atoms with van der Waals surface area (Å²) in [5.74, 6) is -0.0389. The minimum absolute atomic E-state index is 0.101. The number of fused-ring (bicyclic) bond motifs is 1. The van der Waals surface area contributed by atoms with Crippen molar-refractivity contribution in [2.45, 2.75) is 13.5 Å². The molecule has 158 valence electrons. The number of ketones is 1. The number of rotatable bonds is 5. The maximum atomic E-state index is 13.5. The number of allylic oxidation sites excluding steroid dienone is 1. The first-order valence-corrected chi connectivity index (χ1v) is 10.1. The van der Waals surface area contributed by atoms with Crippen LogP contribution in [0, 0.1) is 12.7 Å². The monoisotopic (exact) mass is 412 g/mol. The Morgan fingerprint density at radius 1 is 1.17 bits per heavy atom. The van der Waals surface area contributed by atoms with Crippen molar-refractivity contribution in [1.82, 2.24) is 9.80 Å². The molecule has 4 rings (SSSR count). The second-order valence-electron chi connectivity index (χ2n) is 7.73. The SMILES string of the molecule is Cc1cc(O)c(CN2CCN(CCO)CC2)c2c1C(=O)/C(=C/c1cccc(F)c1)O2. The molecule has 2 aromatic carbocycles. The number of aliphatic hydroxyl groups is 1. The first-order valence-electron chi connectivity index (χ1n) is 10.1. The fraction of sp³-hybridized carbons (Fsp3) is 0.348. The van der Waals surface area contributed by atoms with Gasteiger partial charge in [-0.25, -0.2) is 4.39 Å². The molecule has 0 radical (unpaired) electrons. The number of aryl methyl sites for hydroxylation is 1. The predicted octanol–water partition coefficient (Wildman–Crippen LogP) is 2.57. The van der Waals surface area contributed by atoms with Gasteiger partial charge in [-0.2, -0.15) is 0 Å². The maximum Gasteiger partial charge on any atom is 0.232 e. The summed E-state index contributed by atoms with van der Waals surface area (Å²) < 4.78 is 19.4. The fourth-order valence-corrected chi connectivity index (χ4v) is 4.02. The molecule has 0 aliphatic carbocycles. The summed E-state index contributed by atoms with van der Waals surface area (Å²) in [7, 11) is 0. The Morgan fingerprint density at radius 3 is 2.60 bits per heavy atom. The minimum Gasteiger partial charge on any atom is -0.507 e. The lowest BCUT2D eigenvalue weighted by Crippen LogP contribution is -2.46. The van der Waals surface area contributed by atoms with Crippen LogP contribution in [0.5, 0.6) is 11.5 Å². The number of hydrogen-bond donors (Lipinski definition) is 2. The van der Waals surface area contributed by atoms with Gasteiger partial charge in [0.05, 0.1) is 17.7 Å². The molecule has 7 heteroatoms. The zero-order valence-corrected chi connectivity index (χ0v) is 16.9.